The Morgan fingerprint density at radius 2 is 1.75 bits per heavy atom. The molecule has 0 unspecified atom stereocenters. The van der Waals surface area contributed by atoms with Crippen molar-refractivity contribution in [2.45, 2.75) is 31.7 Å². The van der Waals surface area contributed by atoms with E-state index in [4.69, 9.17) is 0 Å². The fourth-order valence-corrected chi connectivity index (χ4v) is 4.88. The standard InChI is InChI=1S/C18H16F6N4O3S/c1-10-4-3-5-11(8-10)27(2)15(29)12-6-7-32(30,31)28(12)14-9-13(17(19,20)21)25-16(26-14)18(22,23)24/h3-5,8-9,12H,6-7H2,1-2H3/t12-/m0/s1. The lowest BCUT2D eigenvalue weighted by Gasteiger charge is -2.28. The van der Waals surface area contributed by atoms with Gasteiger partial charge in [-0.2, -0.15) is 26.3 Å². The molecule has 1 fully saturated rings. The SMILES string of the molecule is Cc1cccc(N(C)C(=O)[C@@H]2CCS(=O)(=O)N2c2cc(C(F)(F)F)nc(C(F)(F)F)n2)c1. The number of aromatic nitrogens is 2. The van der Waals surface area contributed by atoms with Gasteiger partial charge in [-0.3, -0.25) is 4.79 Å². The number of carbonyl (C=O) groups is 1. The molecule has 0 saturated carbocycles. The van der Waals surface area contributed by atoms with E-state index in [0.29, 0.717) is 5.69 Å². The Bertz CT molecular complexity index is 1120. The van der Waals surface area contributed by atoms with Crippen molar-refractivity contribution in [3.05, 3.63) is 47.4 Å². The summed E-state index contributed by atoms with van der Waals surface area (Å²) >= 11 is 0. The second-order valence-electron chi connectivity index (χ2n) is 7.08. The first-order chi connectivity index (χ1) is 14.6. The number of hydrogen-bond acceptors (Lipinski definition) is 5. The van der Waals surface area contributed by atoms with E-state index < -0.39 is 57.4 Å². The van der Waals surface area contributed by atoms with Crippen LogP contribution in [0.4, 0.5) is 37.8 Å². The van der Waals surface area contributed by atoms with Gasteiger partial charge in [-0.15, -0.1) is 0 Å². The molecular weight excluding hydrogens is 466 g/mol. The highest BCUT2D eigenvalue weighted by Crippen LogP contribution is 2.37. The Hall–Kier alpha value is -2.90. The molecule has 1 saturated heterocycles. The van der Waals surface area contributed by atoms with Crippen LogP contribution in [0, 0.1) is 6.92 Å². The maximum atomic E-state index is 13.2. The molecule has 174 valence electrons. The summed E-state index contributed by atoms with van der Waals surface area (Å²) in [6.45, 7) is 1.74. The van der Waals surface area contributed by atoms with Gasteiger partial charge < -0.3 is 4.90 Å². The summed E-state index contributed by atoms with van der Waals surface area (Å²) in [5.74, 6) is -4.83. The van der Waals surface area contributed by atoms with Crippen molar-refractivity contribution >= 4 is 27.4 Å². The molecule has 1 amide bonds. The van der Waals surface area contributed by atoms with Crippen LogP contribution in [0.3, 0.4) is 0 Å². The fourth-order valence-electron chi connectivity index (χ4n) is 3.20. The minimum absolute atomic E-state index is 0.0883. The number of halogens is 6. The van der Waals surface area contributed by atoms with Crippen LogP contribution >= 0.6 is 0 Å². The summed E-state index contributed by atoms with van der Waals surface area (Å²) in [7, 11) is -3.10. The average molecular weight is 482 g/mol. The number of alkyl halides is 6. The van der Waals surface area contributed by atoms with Crippen molar-refractivity contribution in [2.75, 3.05) is 22.0 Å². The lowest BCUT2D eigenvalue weighted by atomic mass is 10.1. The first kappa shape index (κ1) is 23.8. The smallest absolute Gasteiger partial charge is 0.314 e. The molecule has 1 atom stereocenters. The Morgan fingerprint density at radius 3 is 2.31 bits per heavy atom. The molecule has 1 aliphatic heterocycles. The number of aryl methyl sites for hydroxylation is 1. The summed E-state index contributed by atoms with van der Waals surface area (Å²) in [5.41, 5.74) is -0.831. The zero-order valence-corrected chi connectivity index (χ0v) is 17.4. The van der Waals surface area contributed by atoms with E-state index >= 15 is 0 Å². The molecule has 0 bridgehead atoms. The first-order valence-electron chi connectivity index (χ1n) is 9.01. The van der Waals surface area contributed by atoms with E-state index in [0.717, 1.165) is 10.5 Å². The number of anilines is 2. The Labute approximate surface area is 178 Å². The number of carbonyl (C=O) groups excluding carboxylic acids is 1. The highest BCUT2D eigenvalue weighted by atomic mass is 32.2. The van der Waals surface area contributed by atoms with Crippen LogP contribution in [0.1, 0.15) is 23.5 Å². The Morgan fingerprint density at radius 1 is 1.09 bits per heavy atom. The number of rotatable bonds is 3. The maximum Gasteiger partial charge on any atom is 0.451 e. The number of nitrogens with zero attached hydrogens (tertiary/aromatic N) is 4. The number of likely N-dealkylation sites (N-methyl/N-ethyl adjacent to an activating group) is 1. The summed E-state index contributed by atoms with van der Waals surface area (Å²) in [6, 6.07) is 5.04. The Balaban J connectivity index is 2.10. The van der Waals surface area contributed by atoms with Gasteiger partial charge in [-0.05, 0) is 31.0 Å². The molecule has 0 N–H and O–H groups in total. The van der Waals surface area contributed by atoms with Gasteiger partial charge in [-0.1, -0.05) is 12.1 Å². The van der Waals surface area contributed by atoms with Crippen LogP contribution in [-0.4, -0.2) is 43.1 Å². The van der Waals surface area contributed by atoms with Crippen molar-refractivity contribution in [1.29, 1.82) is 0 Å². The second-order valence-corrected chi connectivity index (χ2v) is 9.05. The molecule has 32 heavy (non-hydrogen) atoms. The first-order valence-corrected chi connectivity index (χ1v) is 10.6. The molecule has 3 rings (SSSR count). The second kappa shape index (κ2) is 7.90. The predicted octanol–water partition coefficient (Wildman–Crippen LogP) is 3.39. The number of sulfonamides is 1. The van der Waals surface area contributed by atoms with Crippen molar-refractivity contribution in [2.24, 2.45) is 0 Å². The number of benzene rings is 1. The van der Waals surface area contributed by atoms with Crippen LogP contribution in [0.15, 0.2) is 30.3 Å². The molecule has 1 aromatic carbocycles. The molecule has 1 aromatic heterocycles. The van der Waals surface area contributed by atoms with E-state index in [9.17, 15) is 39.6 Å². The van der Waals surface area contributed by atoms with Crippen molar-refractivity contribution in [3.8, 4) is 0 Å². The largest absolute Gasteiger partial charge is 0.451 e. The molecule has 14 heteroatoms. The van der Waals surface area contributed by atoms with Gasteiger partial charge in [0.05, 0.1) is 5.75 Å². The minimum Gasteiger partial charge on any atom is -0.314 e. The maximum absolute atomic E-state index is 13.2. The quantitative estimate of drug-likeness (QED) is 0.627. The lowest BCUT2D eigenvalue weighted by molar-refractivity contribution is -0.152. The minimum atomic E-state index is -5.38. The van der Waals surface area contributed by atoms with Crippen LogP contribution in [-0.2, 0) is 27.2 Å². The van der Waals surface area contributed by atoms with E-state index in [-0.39, 0.29) is 16.8 Å². The predicted molar refractivity (Wildman–Crippen MR) is 101 cm³/mol. The third kappa shape index (κ3) is 4.64. The van der Waals surface area contributed by atoms with Crippen LogP contribution in [0.25, 0.3) is 0 Å². The molecule has 0 aliphatic carbocycles. The zero-order valence-electron chi connectivity index (χ0n) is 16.6. The zero-order chi connectivity index (χ0) is 24.1. The van der Waals surface area contributed by atoms with Crippen molar-refractivity contribution in [3.63, 3.8) is 0 Å². The van der Waals surface area contributed by atoms with Gasteiger partial charge >= 0.3 is 12.4 Å². The van der Waals surface area contributed by atoms with Gasteiger partial charge in [-0.25, -0.2) is 22.7 Å². The summed E-state index contributed by atoms with van der Waals surface area (Å²) in [6.07, 6.45) is -11.0. The van der Waals surface area contributed by atoms with Gasteiger partial charge in [0.1, 0.15) is 11.9 Å². The summed E-state index contributed by atoms with van der Waals surface area (Å²) in [5, 5.41) is 0. The summed E-state index contributed by atoms with van der Waals surface area (Å²) in [4.78, 5) is 19.6. The van der Waals surface area contributed by atoms with Crippen LogP contribution in [0.5, 0.6) is 0 Å². The molecule has 1 aliphatic rings. The highest BCUT2D eigenvalue weighted by molar-refractivity contribution is 7.93. The molecule has 2 heterocycles. The van der Waals surface area contributed by atoms with Crippen molar-refractivity contribution < 1.29 is 39.6 Å². The highest BCUT2D eigenvalue weighted by Gasteiger charge is 2.47. The fraction of sp³-hybridized carbons (Fsp3) is 0.389. The van der Waals surface area contributed by atoms with Gasteiger partial charge in [0.2, 0.25) is 15.8 Å². The van der Waals surface area contributed by atoms with Crippen LogP contribution < -0.4 is 9.21 Å². The van der Waals surface area contributed by atoms with E-state index in [1.54, 1.807) is 31.2 Å². The molecule has 0 radical (unpaired) electrons. The third-order valence-corrected chi connectivity index (χ3v) is 6.51. The number of hydrogen-bond donors (Lipinski definition) is 0. The lowest BCUT2D eigenvalue weighted by Crippen LogP contribution is -2.46. The summed E-state index contributed by atoms with van der Waals surface area (Å²) < 4.78 is 104. The van der Waals surface area contributed by atoms with Gasteiger partial charge in [0.15, 0.2) is 5.69 Å². The van der Waals surface area contributed by atoms with Crippen molar-refractivity contribution in [1.82, 2.24) is 9.97 Å². The molecular formula is C18H16F6N4O3S. The average Bonchev–Trinajstić information content (AvgIpc) is 3.00. The topological polar surface area (TPSA) is 83.5 Å². The monoisotopic (exact) mass is 482 g/mol. The molecule has 0 spiro atoms. The van der Waals surface area contributed by atoms with E-state index in [2.05, 4.69) is 9.97 Å². The number of amides is 1. The Kier molecular flexibility index (Phi) is 5.87. The third-order valence-electron chi connectivity index (χ3n) is 4.72. The normalized spacial score (nSPS) is 18.6. The van der Waals surface area contributed by atoms with Gasteiger partial charge in [0, 0.05) is 18.8 Å². The van der Waals surface area contributed by atoms with E-state index in [1.165, 1.54) is 7.05 Å². The van der Waals surface area contributed by atoms with E-state index in [1.807, 2.05) is 0 Å². The van der Waals surface area contributed by atoms with Gasteiger partial charge in [0.25, 0.3) is 5.91 Å². The van der Waals surface area contributed by atoms with Crippen LogP contribution in [0.2, 0.25) is 0 Å². The molecule has 2 aromatic rings. The molecule has 7 nitrogen and oxygen atoms in total.